The molecule has 2 heterocycles. The Labute approximate surface area is 140 Å². The average Bonchev–Trinajstić information content (AvgIpc) is 3.23. The molecule has 0 fully saturated rings. The SMILES string of the molecule is COc1ccc(Br)c(-c2nnc(-c3ccc4c(c3)OCO4)o2)c1. The van der Waals surface area contributed by atoms with E-state index in [1.54, 1.807) is 7.11 Å². The molecular weight excluding hydrogens is 364 g/mol. The van der Waals surface area contributed by atoms with Crippen LogP contribution in [0.15, 0.2) is 45.3 Å². The van der Waals surface area contributed by atoms with Crippen molar-refractivity contribution in [3.05, 3.63) is 40.9 Å². The Bertz CT molecular complexity index is 878. The van der Waals surface area contributed by atoms with Gasteiger partial charge < -0.3 is 18.6 Å². The first kappa shape index (κ1) is 14.1. The van der Waals surface area contributed by atoms with Crippen LogP contribution >= 0.6 is 15.9 Å². The zero-order valence-electron chi connectivity index (χ0n) is 12.1. The number of benzene rings is 2. The minimum absolute atomic E-state index is 0.227. The van der Waals surface area contributed by atoms with Crippen molar-refractivity contribution in [3.63, 3.8) is 0 Å². The van der Waals surface area contributed by atoms with Crippen molar-refractivity contribution in [3.8, 4) is 40.2 Å². The Kier molecular flexibility index (Phi) is 3.42. The lowest BCUT2D eigenvalue weighted by molar-refractivity contribution is 0.174. The van der Waals surface area contributed by atoms with Crippen molar-refractivity contribution >= 4 is 15.9 Å². The molecule has 7 heteroatoms. The number of ether oxygens (including phenoxy) is 3. The second-order valence-electron chi connectivity index (χ2n) is 4.83. The van der Waals surface area contributed by atoms with Crippen LogP contribution in [0.3, 0.4) is 0 Å². The first-order valence-corrected chi connectivity index (χ1v) is 7.61. The summed E-state index contributed by atoms with van der Waals surface area (Å²) in [6.45, 7) is 0.227. The van der Waals surface area contributed by atoms with Crippen LogP contribution in [-0.2, 0) is 0 Å². The van der Waals surface area contributed by atoms with Crippen LogP contribution in [-0.4, -0.2) is 24.1 Å². The lowest BCUT2D eigenvalue weighted by Gasteiger charge is -2.03. The molecule has 0 unspecified atom stereocenters. The van der Waals surface area contributed by atoms with Crippen molar-refractivity contribution in [2.45, 2.75) is 0 Å². The van der Waals surface area contributed by atoms with Gasteiger partial charge in [0.25, 0.3) is 0 Å². The summed E-state index contributed by atoms with van der Waals surface area (Å²) in [6.07, 6.45) is 0. The summed E-state index contributed by atoms with van der Waals surface area (Å²) in [5.74, 6) is 2.91. The maximum Gasteiger partial charge on any atom is 0.249 e. The molecule has 0 amide bonds. The molecule has 23 heavy (non-hydrogen) atoms. The second-order valence-corrected chi connectivity index (χ2v) is 5.68. The Morgan fingerprint density at radius 3 is 2.70 bits per heavy atom. The van der Waals surface area contributed by atoms with Gasteiger partial charge in [0.05, 0.1) is 12.7 Å². The summed E-state index contributed by atoms with van der Waals surface area (Å²) in [6, 6.07) is 11.1. The minimum Gasteiger partial charge on any atom is -0.497 e. The van der Waals surface area contributed by atoms with Crippen LogP contribution in [0.5, 0.6) is 17.2 Å². The first-order chi connectivity index (χ1) is 11.2. The second kappa shape index (κ2) is 5.58. The van der Waals surface area contributed by atoms with E-state index in [4.69, 9.17) is 18.6 Å². The maximum absolute atomic E-state index is 5.79. The van der Waals surface area contributed by atoms with Crippen molar-refractivity contribution in [1.29, 1.82) is 0 Å². The van der Waals surface area contributed by atoms with E-state index in [1.165, 1.54) is 0 Å². The number of halogens is 1. The molecule has 6 nitrogen and oxygen atoms in total. The molecule has 0 N–H and O–H groups in total. The van der Waals surface area contributed by atoms with E-state index in [0.29, 0.717) is 29.0 Å². The van der Waals surface area contributed by atoms with Gasteiger partial charge in [-0.05, 0) is 52.3 Å². The zero-order chi connectivity index (χ0) is 15.8. The predicted octanol–water partition coefficient (Wildman–Crippen LogP) is 3.90. The molecule has 0 bridgehead atoms. The van der Waals surface area contributed by atoms with Gasteiger partial charge in [-0.15, -0.1) is 10.2 Å². The molecule has 0 saturated heterocycles. The van der Waals surface area contributed by atoms with Gasteiger partial charge in [0.1, 0.15) is 5.75 Å². The first-order valence-electron chi connectivity index (χ1n) is 6.82. The fourth-order valence-corrected chi connectivity index (χ4v) is 2.69. The molecule has 1 aromatic heterocycles. The summed E-state index contributed by atoms with van der Waals surface area (Å²) < 4.78 is 22.5. The number of fused-ring (bicyclic) bond motifs is 1. The third-order valence-corrected chi connectivity index (χ3v) is 4.14. The Hall–Kier alpha value is -2.54. The van der Waals surface area contributed by atoms with Crippen molar-refractivity contribution < 1.29 is 18.6 Å². The molecule has 0 radical (unpaired) electrons. The van der Waals surface area contributed by atoms with E-state index < -0.39 is 0 Å². The fourth-order valence-electron chi connectivity index (χ4n) is 2.27. The Morgan fingerprint density at radius 2 is 1.83 bits per heavy atom. The molecule has 2 aromatic carbocycles. The molecular formula is C16H11BrN2O4. The Morgan fingerprint density at radius 1 is 1.00 bits per heavy atom. The highest BCUT2D eigenvalue weighted by Gasteiger charge is 2.18. The normalized spacial score (nSPS) is 12.4. The van der Waals surface area contributed by atoms with Gasteiger partial charge in [-0.2, -0.15) is 0 Å². The van der Waals surface area contributed by atoms with Crippen molar-refractivity contribution in [2.24, 2.45) is 0 Å². The highest BCUT2D eigenvalue weighted by molar-refractivity contribution is 9.10. The van der Waals surface area contributed by atoms with Crippen LogP contribution in [0.1, 0.15) is 0 Å². The summed E-state index contributed by atoms with van der Waals surface area (Å²) in [4.78, 5) is 0. The molecule has 0 saturated carbocycles. The number of hydrogen-bond donors (Lipinski definition) is 0. The van der Waals surface area contributed by atoms with Crippen LogP contribution < -0.4 is 14.2 Å². The van der Waals surface area contributed by atoms with E-state index in [-0.39, 0.29) is 6.79 Å². The number of methoxy groups -OCH3 is 1. The van der Waals surface area contributed by atoms with Gasteiger partial charge in [-0.25, -0.2) is 0 Å². The largest absolute Gasteiger partial charge is 0.497 e. The van der Waals surface area contributed by atoms with E-state index in [1.807, 2.05) is 36.4 Å². The maximum atomic E-state index is 5.79. The molecule has 4 rings (SSSR count). The van der Waals surface area contributed by atoms with E-state index in [9.17, 15) is 0 Å². The monoisotopic (exact) mass is 374 g/mol. The standard InChI is InChI=1S/C16H11BrN2O4/c1-20-10-3-4-12(17)11(7-10)16-19-18-15(23-16)9-2-5-13-14(6-9)22-8-21-13/h2-7H,8H2,1H3. The van der Waals surface area contributed by atoms with E-state index in [2.05, 4.69) is 26.1 Å². The van der Waals surface area contributed by atoms with Crippen molar-refractivity contribution in [2.75, 3.05) is 13.9 Å². The van der Waals surface area contributed by atoms with E-state index in [0.717, 1.165) is 15.6 Å². The highest BCUT2D eigenvalue weighted by atomic mass is 79.9. The molecule has 0 spiro atoms. The highest BCUT2D eigenvalue weighted by Crippen LogP contribution is 2.37. The van der Waals surface area contributed by atoms with E-state index >= 15 is 0 Å². The summed E-state index contributed by atoms with van der Waals surface area (Å²) >= 11 is 3.48. The van der Waals surface area contributed by atoms with Gasteiger partial charge in [0, 0.05) is 10.0 Å². The van der Waals surface area contributed by atoms with Gasteiger partial charge >= 0.3 is 0 Å². The number of rotatable bonds is 3. The number of nitrogens with zero attached hydrogens (tertiary/aromatic N) is 2. The molecule has 1 aliphatic rings. The van der Waals surface area contributed by atoms with Crippen LogP contribution in [0.2, 0.25) is 0 Å². The Balaban J connectivity index is 1.72. The fraction of sp³-hybridized carbons (Fsp3) is 0.125. The average molecular weight is 375 g/mol. The number of aromatic nitrogens is 2. The van der Waals surface area contributed by atoms with Gasteiger partial charge in [-0.1, -0.05) is 0 Å². The van der Waals surface area contributed by atoms with Crippen LogP contribution in [0.4, 0.5) is 0 Å². The predicted molar refractivity (Wildman–Crippen MR) is 85.5 cm³/mol. The summed E-state index contributed by atoms with van der Waals surface area (Å²) in [5, 5.41) is 8.23. The molecule has 0 atom stereocenters. The van der Waals surface area contributed by atoms with Gasteiger partial charge in [0.2, 0.25) is 18.6 Å². The minimum atomic E-state index is 0.227. The molecule has 1 aliphatic heterocycles. The molecule has 116 valence electrons. The molecule has 3 aromatic rings. The van der Waals surface area contributed by atoms with Crippen LogP contribution in [0.25, 0.3) is 22.9 Å². The van der Waals surface area contributed by atoms with Crippen LogP contribution in [0, 0.1) is 0 Å². The zero-order valence-corrected chi connectivity index (χ0v) is 13.7. The number of hydrogen-bond acceptors (Lipinski definition) is 6. The quantitative estimate of drug-likeness (QED) is 0.692. The lowest BCUT2D eigenvalue weighted by Crippen LogP contribution is -1.92. The summed E-state index contributed by atoms with van der Waals surface area (Å²) in [5.41, 5.74) is 1.54. The lowest BCUT2D eigenvalue weighted by atomic mass is 10.2. The smallest absolute Gasteiger partial charge is 0.249 e. The van der Waals surface area contributed by atoms with Gasteiger partial charge in [0.15, 0.2) is 11.5 Å². The topological polar surface area (TPSA) is 66.6 Å². The summed E-state index contributed by atoms with van der Waals surface area (Å²) in [7, 11) is 1.61. The van der Waals surface area contributed by atoms with Gasteiger partial charge in [-0.3, -0.25) is 0 Å². The van der Waals surface area contributed by atoms with Crippen molar-refractivity contribution in [1.82, 2.24) is 10.2 Å². The third-order valence-electron chi connectivity index (χ3n) is 3.45. The molecule has 0 aliphatic carbocycles. The third kappa shape index (κ3) is 2.53.